The Morgan fingerprint density at radius 1 is 1.35 bits per heavy atom. The van der Waals surface area contributed by atoms with Gasteiger partial charge < -0.3 is 9.88 Å². The van der Waals surface area contributed by atoms with Gasteiger partial charge in [-0.25, -0.2) is 4.98 Å². The van der Waals surface area contributed by atoms with Crippen LogP contribution in [0, 0.1) is 5.92 Å². The normalized spacial score (nSPS) is 16.1. The number of piperidine rings is 1. The van der Waals surface area contributed by atoms with Crippen molar-refractivity contribution < 1.29 is 4.79 Å². The van der Waals surface area contributed by atoms with Crippen LogP contribution >= 0.6 is 11.3 Å². The number of thiazole rings is 1. The van der Waals surface area contributed by atoms with E-state index in [9.17, 15) is 4.79 Å². The average Bonchev–Trinajstić information content (AvgIpc) is 3.26. The maximum atomic E-state index is 12.3. The number of H-pyrrole nitrogens is 1. The number of fused-ring (bicyclic) bond motifs is 1. The minimum atomic E-state index is 0.126. The van der Waals surface area contributed by atoms with E-state index in [4.69, 9.17) is 0 Å². The molecule has 23 heavy (non-hydrogen) atoms. The lowest BCUT2D eigenvalue weighted by Gasteiger charge is -2.31. The molecule has 1 fully saturated rings. The molecule has 3 aromatic rings. The molecule has 1 aliphatic rings. The number of carbonyl (C=O) groups excluding carboxylic acids is 1. The Hall–Kier alpha value is -2.21. The zero-order chi connectivity index (χ0) is 15.6. The van der Waals surface area contributed by atoms with Crippen LogP contribution < -0.4 is 0 Å². The maximum Gasteiger partial charge on any atom is 0.265 e. The third kappa shape index (κ3) is 2.99. The monoisotopic (exact) mass is 326 g/mol. The SMILES string of the molecule is O=C(c1cncs1)N1CCC(Cc2cnc3[nH]ccc3c2)CC1. The van der Waals surface area contributed by atoms with Crippen LogP contribution in [0.15, 0.2) is 36.2 Å². The summed E-state index contributed by atoms with van der Waals surface area (Å²) in [5, 5.41) is 1.17. The number of hydrogen-bond donors (Lipinski definition) is 1. The minimum absolute atomic E-state index is 0.126. The topological polar surface area (TPSA) is 61.9 Å². The average molecular weight is 326 g/mol. The molecule has 5 nitrogen and oxygen atoms in total. The second kappa shape index (κ2) is 6.12. The third-order valence-electron chi connectivity index (χ3n) is 4.53. The van der Waals surface area contributed by atoms with E-state index >= 15 is 0 Å². The molecule has 1 amide bonds. The lowest BCUT2D eigenvalue weighted by atomic mass is 9.90. The van der Waals surface area contributed by atoms with E-state index < -0.39 is 0 Å². The fourth-order valence-corrected chi connectivity index (χ4v) is 3.83. The van der Waals surface area contributed by atoms with Gasteiger partial charge in [0, 0.05) is 30.9 Å². The number of hydrogen-bond acceptors (Lipinski definition) is 4. The highest BCUT2D eigenvalue weighted by atomic mass is 32.1. The van der Waals surface area contributed by atoms with Crippen LogP contribution in [0.4, 0.5) is 0 Å². The highest BCUT2D eigenvalue weighted by Crippen LogP contribution is 2.24. The standard InChI is InChI=1S/C17H18N4OS/c22-17(15-10-18-11-23-15)21-5-2-12(3-6-21)7-13-8-14-1-4-19-16(14)20-9-13/h1,4,8-12H,2-3,5-7H2,(H,19,20). The Morgan fingerprint density at radius 2 is 2.22 bits per heavy atom. The van der Waals surface area contributed by atoms with Gasteiger partial charge in [0.15, 0.2) is 0 Å². The summed E-state index contributed by atoms with van der Waals surface area (Å²) in [5.41, 5.74) is 3.94. The number of nitrogens with zero attached hydrogens (tertiary/aromatic N) is 3. The van der Waals surface area contributed by atoms with Crippen molar-refractivity contribution in [3.05, 3.63) is 46.7 Å². The number of likely N-dealkylation sites (tertiary alicyclic amines) is 1. The summed E-state index contributed by atoms with van der Waals surface area (Å²) in [4.78, 5) is 26.6. The van der Waals surface area contributed by atoms with Gasteiger partial charge in [-0.2, -0.15) is 0 Å². The van der Waals surface area contributed by atoms with Gasteiger partial charge in [0.25, 0.3) is 5.91 Å². The first kappa shape index (κ1) is 14.4. The first-order valence-corrected chi connectivity index (χ1v) is 8.77. The molecule has 3 aromatic heterocycles. The Labute approximate surface area is 138 Å². The van der Waals surface area contributed by atoms with E-state index in [1.54, 1.807) is 11.7 Å². The van der Waals surface area contributed by atoms with Crippen LogP contribution in [0.3, 0.4) is 0 Å². The van der Waals surface area contributed by atoms with Gasteiger partial charge >= 0.3 is 0 Å². The number of aromatic nitrogens is 3. The minimum Gasteiger partial charge on any atom is -0.346 e. The van der Waals surface area contributed by atoms with Crippen molar-refractivity contribution in [2.75, 3.05) is 13.1 Å². The van der Waals surface area contributed by atoms with E-state index in [0.717, 1.165) is 42.9 Å². The van der Waals surface area contributed by atoms with Gasteiger partial charge in [-0.3, -0.25) is 9.78 Å². The Morgan fingerprint density at radius 3 is 3.00 bits per heavy atom. The van der Waals surface area contributed by atoms with E-state index in [0.29, 0.717) is 5.92 Å². The van der Waals surface area contributed by atoms with Crippen molar-refractivity contribution in [3.8, 4) is 0 Å². The quantitative estimate of drug-likeness (QED) is 0.804. The first-order valence-electron chi connectivity index (χ1n) is 7.89. The zero-order valence-corrected chi connectivity index (χ0v) is 13.6. The molecule has 0 bridgehead atoms. The molecule has 0 unspecified atom stereocenters. The summed E-state index contributed by atoms with van der Waals surface area (Å²) in [5.74, 6) is 0.750. The number of rotatable bonds is 3. The van der Waals surface area contributed by atoms with Crippen molar-refractivity contribution in [3.63, 3.8) is 0 Å². The van der Waals surface area contributed by atoms with Crippen LogP contribution in [0.25, 0.3) is 11.0 Å². The number of amides is 1. The molecule has 1 N–H and O–H groups in total. The molecule has 6 heteroatoms. The summed E-state index contributed by atoms with van der Waals surface area (Å²) in [6.07, 6.45) is 8.69. The molecule has 0 radical (unpaired) electrons. The fourth-order valence-electron chi connectivity index (χ4n) is 3.25. The summed E-state index contributed by atoms with van der Waals surface area (Å²) in [6.45, 7) is 1.67. The van der Waals surface area contributed by atoms with E-state index in [1.807, 2.05) is 17.3 Å². The number of aromatic amines is 1. The lowest BCUT2D eigenvalue weighted by Crippen LogP contribution is -2.38. The number of pyridine rings is 1. The lowest BCUT2D eigenvalue weighted by molar-refractivity contribution is 0.0695. The molecule has 0 spiro atoms. The summed E-state index contributed by atoms with van der Waals surface area (Å²) >= 11 is 1.42. The Kier molecular flexibility index (Phi) is 3.83. The molecule has 0 atom stereocenters. The van der Waals surface area contributed by atoms with Gasteiger partial charge in [-0.15, -0.1) is 11.3 Å². The molecular formula is C17H18N4OS. The third-order valence-corrected chi connectivity index (χ3v) is 5.29. The molecule has 0 aliphatic carbocycles. The summed E-state index contributed by atoms with van der Waals surface area (Å²) in [7, 11) is 0. The maximum absolute atomic E-state index is 12.3. The second-order valence-electron chi connectivity index (χ2n) is 6.06. The van der Waals surface area contributed by atoms with Crippen molar-refractivity contribution >= 4 is 28.3 Å². The number of nitrogens with one attached hydrogen (secondary N) is 1. The van der Waals surface area contributed by atoms with Crippen LogP contribution in [0.2, 0.25) is 0 Å². The van der Waals surface area contributed by atoms with Crippen molar-refractivity contribution in [1.29, 1.82) is 0 Å². The van der Waals surface area contributed by atoms with E-state index in [-0.39, 0.29) is 5.91 Å². The summed E-state index contributed by atoms with van der Waals surface area (Å²) in [6, 6.07) is 4.27. The number of carbonyl (C=O) groups is 1. The van der Waals surface area contributed by atoms with Crippen LogP contribution in [0.5, 0.6) is 0 Å². The van der Waals surface area contributed by atoms with Crippen molar-refractivity contribution in [2.24, 2.45) is 5.92 Å². The predicted molar refractivity (Wildman–Crippen MR) is 90.5 cm³/mol. The first-order chi connectivity index (χ1) is 11.3. The molecular weight excluding hydrogens is 308 g/mol. The molecule has 0 aromatic carbocycles. The van der Waals surface area contributed by atoms with Gasteiger partial charge in [0.1, 0.15) is 10.5 Å². The largest absolute Gasteiger partial charge is 0.346 e. The highest BCUT2D eigenvalue weighted by Gasteiger charge is 2.24. The smallest absolute Gasteiger partial charge is 0.265 e. The van der Waals surface area contributed by atoms with Gasteiger partial charge in [0.2, 0.25) is 0 Å². The fraction of sp³-hybridized carbons (Fsp3) is 0.353. The van der Waals surface area contributed by atoms with Crippen LogP contribution in [-0.4, -0.2) is 38.8 Å². The second-order valence-corrected chi connectivity index (χ2v) is 6.95. The highest BCUT2D eigenvalue weighted by molar-refractivity contribution is 7.11. The van der Waals surface area contributed by atoms with Crippen molar-refractivity contribution in [2.45, 2.75) is 19.3 Å². The van der Waals surface area contributed by atoms with E-state index in [1.165, 1.54) is 22.3 Å². The Balaban J connectivity index is 1.37. The zero-order valence-electron chi connectivity index (χ0n) is 12.7. The molecule has 0 saturated carbocycles. The molecule has 1 aliphatic heterocycles. The molecule has 118 valence electrons. The van der Waals surface area contributed by atoms with Gasteiger partial charge in [-0.05, 0) is 42.9 Å². The molecule has 4 heterocycles. The van der Waals surface area contributed by atoms with Crippen molar-refractivity contribution in [1.82, 2.24) is 19.9 Å². The molecule has 4 rings (SSSR count). The van der Waals surface area contributed by atoms with Crippen LogP contribution in [0.1, 0.15) is 28.1 Å². The Bertz CT molecular complexity index is 803. The molecule has 1 saturated heterocycles. The summed E-state index contributed by atoms with van der Waals surface area (Å²) < 4.78 is 0. The van der Waals surface area contributed by atoms with Gasteiger partial charge in [-0.1, -0.05) is 0 Å². The predicted octanol–water partition coefficient (Wildman–Crippen LogP) is 3.11. The van der Waals surface area contributed by atoms with Crippen LogP contribution in [-0.2, 0) is 6.42 Å². The van der Waals surface area contributed by atoms with Gasteiger partial charge in [0.05, 0.1) is 11.7 Å². The van der Waals surface area contributed by atoms with E-state index in [2.05, 4.69) is 27.1 Å².